The molecule has 0 fully saturated rings. The Balaban J connectivity index is 1.61. The number of anilines is 2. The monoisotopic (exact) mass is 429 g/mol. The van der Waals surface area contributed by atoms with Crippen LogP contribution in [-0.4, -0.2) is 30.4 Å². The van der Waals surface area contributed by atoms with E-state index >= 15 is 0 Å². The maximum atomic E-state index is 9.07. The molecule has 6 heteroatoms. The molecule has 158 valence electrons. The van der Waals surface area contributed by atoms with Crippen molar-refractivity contribution in [2.24, 2.45) is 0 Å². The minimum atomic E-state index is -0.343. The molecule has 2 heterocycles. The Bertz CT molecular complexity index is 1050. The van der Waals surface area contributed by atoms with Crippen molar-refractivity contribution in [2.75, 3.05) is 30.0 Å². The number of thioether (sulfide) groups is 1. The number of nitrogens with one attached hydrogen (secondary N) is 3. The standard InChI is InChI=1S/C25H27N5S/c1-18(20-12-10-19(15-26)11-13-20)16-29-25(31-2,21-7-4-3-5-8-21)23-17-28-22-9-6-14-27-24(22)30-23/h3-14,18,23,28-29H,16-17H2,1-2H3,(H,27,30)/t18-,23+,25?/m0/s1. The van der Waals surface area contributed by atoms with Crippen LogP contribution in [0.3, 0.4) is 0 Å². The van der Waals surface area contributed by atoms with E-state index in [1.807, 2.05) is 36.2 Å². The van der Waals surface area contributed by atoms with Crippen LogP contribution in [0, 0.1) is 11.3 Å². The number of rotatable bonds is 7. The average molecular weight is 430 g/mol. The van der Waals surface area contributed by atoms with E-state index in [9.17, 15) is 0 Å². The summed E-state index contributed by atoms with van der Waals surface area (Å²) in [6.07, 6.45) is 3.97. The fraction of sp³-hybridized carbons (Fsp3) is 0.280. The molecule has 0 amide bonds. The number of hydrogen-bond donors (Lipinski definition) is 3. The zero-order valence-electron chi connectivity index (χ0n) is 17.8. The van der Waals surface area contributed by atoms with Gasteiger partial charge >= 0.3 is 0 Å². The Morgan fingerprint density at radius 1 is 1.16 bits per heavy atom. The Kier molecular flexibility index (Phi) is 6.45. The highest BCUT2D eigenvalue weighted by Crippen LogP contribution is 2.40. The summed E-state index contributed by atoms with van der Waals surface area (Å²) < 4.78 is 0. The van der Waals surface area contributed by atoms with Gasteiger partial charge in [-0.2, -0.15) is 5.26 Å². The largest absolute Gasteiger partial charge is 0.380 e. The Hall–Kier alpha value is -3.01. The summed E-state index contributed by atoms with van der Waals surface area (Å²) in [6.45, 7) is 3.80. The van der Waals surface area contributed by atoms with Crippen LogP contribution in [0.25, 0.3) is 0 Å². The smallest absolute Gasteiger partial charge is 0.149 e. The number of fused-ring (bicyclic) bond motifs is 1. The molecule has 0 bridgehead atoms. The molecule has 0 aliphatic carbocycles. The second-order valence-electron chi connectivity index (χ2n) is 7.80. The van der Waals surface area contributed by atoms with Crippen molar-refractivity contribution in [2.45, 2.75) is 23.8 Å². The zero-order valence-corrected chi connectivity index (χ0v) is 18.6. The van der Waals surface area contributed by atoms with E-state index in [2.05, 4.69) is 88.7 Å². The lowest BCUT2D eigenvalue weighted by Gasteiger charge is -2.44. The number of benzene rings is 2. The van der Waals surface area contributed by atoms with Gasteiger partial charge in [-0.3, -0.25) is 5.32 Å². The predicted molar refractivity (Wildman–Crippen MR) is 129 cm³/mol. The summed E-state index contributed by atoms with van der Waals surface area (Å²) in [4.78, 5) is 4.19. The minimum absolute atomic E-state index is 0.0977. The molecule has 31 heavy (non-hydrogen) atoms. The molecule has 1 unspecified atom stereocenters. The molecule has 2 aromatic carbocycles. The number of aromatic nitrogens is 1. The van der Waals surface area contributed by atoms with E-state index in [0.717, 1.165) is 24.6 Å². The lowest BCUT2D eigenvalue weighted by atomic mass is 9.94. The Labute approximate surface area is 188 Å². The summed E-state index contributed by atoms with van der Waals surface area (Å²) in [6, 6.07) is 24.8. The van der Waals surface area contributed by atoms with Crippen LogP contribution in [0.4, 0.5) is 11.5 Å². The van der Waals surface area contributed by atoms with Crippen molar-refractivity contribution in [3.8, 4) is 6.07 Å². The van der Waals surface area contributed by atoms with Gasteiger partial charge in [0.2, 0.25) is 0 Å². The van der Waals surface area contributed by atoms with E-state index in [1.165, 1.54) is 11.1 Å². The van der Waals surface area contributed by atoms with Crippen molar-refractivity contribution in [3.63, 3.8) is 0 Å². The van der Waals surface area contributed by atoms with Gasteiger partial charge < -0.3 is 10.6 Å². The normalized spacial score (nSPS) is 17.9. The lowest BCUT2D eigenvalue weighted by Crippen LogP contribution is -2.57. The average Bonchev–Trinajstić information content (AvgIpc) is 2.85. The van der Waals surface area contributed by atoms with E-state index in [1.54, 1.807) is 0 Å². The van der Waals surface area contributed by atoms with Gasteiger partial charge in [0.1, 0.15) is 10.7 Å². The van der Waals surface area contributed by atoms with E-state index in [4.69, 9.17) is 5.26 Å². The molecule has 0 saturated heterocycles. The molecule has 3 aromatic rings. The highest BCUT2D eigenvalue weighted by atomic mass is 32.2. The van der Waals surface area contributed by atoms with Crippen LogP contribution in [0.5, 0.6) is 0 Å². The van der Waals surface area contributed by atoms with Gasteiger partial charge in [-0.05, 0) is 47.6 Å². The van der Waals surface area contributed by atoms with Crippen molar-refractivity contribution in [1.82, 2.24) is 10.3 Å². The van der Waals surface area contributed by atoms with Gasteiger partial charge in [0.05, 0.1) is 23.4 Å². The fourth-order valence-electron chi connectivity index (χ4n) is 4.09. The maximum absolute atomic E-state index is 9.07. The molecule has 0 spiro atoms. The predicted octanol–water partition coefficient (Wildman–Crippen LogP) is 4.77. The summed E-state index contributed by atoms with van der Waals surface area (Å²) in [5, 5.41) is 20.2. The summed E-state index contributed by atoms with van der Waals surface area (Å²) in [5.74, 6) is 1.18. The van der Waals surface area contributed by atoms with Crippen LogP contribution >= 0.6 is 11.8 Å². The van der Waals surface area contributed by atoms with E-state index < -0.39 is 0 Å². The molecule has 1 aromatic heterocycles. The molecule has 5 nitrogen and oxygen atoms in total. The third kappa shape index (κ3) is 4.39. The van der Waals surface area contributed by atoms with Crippen molar-refractivity contribution in [1.29, 1.82) is 5.26 Å². The van der Waals surface area contributed by atoms with Gasteiger partial charge in [0, 0.05) is 19.3 Å². The third-order valence-corrected chi connectivity index (χ3v) is 7.22. The van der Waals surface area contributed by atoms with Crippen molar-refractivity contribution < 1.29 is 0 Å². The highest BCUT2D eigenvalue weighted by molar-refractivity contribution is 7.99. The number of pyridine rings is 1. The summed E-state index contributed by atoms with van der Waals surface area (Å²) in [5.41, 5.74) is 4.17. The third-order valence-electron chi connectivity index (χ3n) is 5.91. The molecule has 3 atom stereocenters. The first-order valence-corrected chi connectivity index (χ1v) is 11.7. The number of nitrogens with zero attached hydrogens (tertiary/aromatic N) is 2. The molecule has 3 N–H and O–H groups in total. The second-order valence-corrected chi connectivity index (χ2v) is 8.85. The zero-order chi connectivity index (χ0) is 21.7. The first kappa shape index (κ1) is 21.2. The SMILES string of the molecule is CSC(NC[C@H](C)c1ccc(C#N)cc1)(c1ccccc1)[C@H]1CNc2cccnc2N1. The first-order chi connectivity index (χ1) is 15.2. The van der Waals surface area contributed by atoms with Gasteiger partial charge in [-0.25, -0.2) is 4.98 Å². The van der Waals surface area contributed by atoms with Crippen LogP contribution in [0.2, 0.25) is 0 Å². The van der Waals surface area contributed by atoms with Gasteiger partial charge in [0.25, 0.3) is 0 Å². The lowest BCUT2D eigenvalue weighted by molar-refractivity contribution is 0.411. The second kappa shape index (κ2) is 9.42. The summed E-state index contributed by atoms with van der Waals surface area (Å²) >= 11 is 1.81. The minimum Gasteiger partial charge on any atom is -0.380 e. The van der Waals surface area contributed by atoms with Gasteiger partial charge in [-0.15, -0.1) is 11.8 Å². The maximum Gasteiger partial charge on any atom is 0.149 e. The molecular formula is C25H27N5S. The molecule has 1 aliphatic heterocycles. The Morgan fingerprint density at radius 2 is 1.94 bits per heavy atom. The van der Waals surface area contributed by atoms with E-state index in [-0.39, 0.29) is 10.9 Å². The molecule has 4 rings (SSSR count). The van der Waals surface area contributed by atoms with Crippen LogP contribution in [-0.2, 0) is 4.87 Å². The number of hydrogen-bond acceptors (Lipinski definition) is 6. The summed E-state index contributed by atoms with van der Waals surface area (Å²) in [7, 11) is 0. The molecule has 0 saturated carbocycles. The topological polar surface area (TPSA) is 72.8 Å². The first-order valence-electron chi connectivity index (χ1n) is 10.5. The van der Waals surface area contributed by atoms with Crippen LogP contribution in [0.15, 0.2) is 72.9 Å². The van der Waals surface area contributed by atoms with Gasteiger partial charge in [0.15, 0.2) is 0 Å². The quantitative estimate of drug-likeness (QED) is 0.470. The Morgan fingerprint density at radius 3 is 2.65 bits per heavy atom. The van der Waals surface area contributed by atoms with Crippen LogP contribution in [0.1, 0.15) is 29.5 Å². The van der Waals surface area contributed by atoms with Crippen molar-refractivity contribution in [3.05, 3.63) is 89.6 Å². The van der Waals surface area contributed by atoms with E-state index in [0.29, 0.717) is 11.5 Å². The highest BCUT2D eigenvalue weighted by Gasteiger charge is 2.41. The molecule has 0 radical (unpaired) electrons. The fourth-order valence-corrected chi connectivity index (χ4v) is 5.12. The van der Waals surface area contributed by atoms with Crippen molar-refractivity contribution >= 4 is 23.3 Å². The van der Waals surface area contributed by atoms with Gasteiger partial charge in [-0.1, -0.05) is 49.4 Å². The molecular weight excluding hydrogens is 402 g/mol. The van der Waals surface area contributed by atoms with Crippen LogP contribution < -0.4 is 16.0 Å². The number of nitriles is 1. The molecule has 1 aliphatic rings.